The molecule has 1 unspecified atom stereocenters. The molecule has 2 rings (SSSR count). The van der Waals surface area contributed by atoms with E-state index in [0.29, 0.717) is 30.5 Å². The van der Waals surface area contributed by atoms with Crippen LogP contribution in [0.15, 0.2) is 22.7 Å². The third-order valence-corrected chi connectivity index (χ3v) is 3.49. The third-order valence-electron chi connectivity index (χ3n) is 2.75. The fourth-order valence-electron chi connectivity index (χ4n) is 1.82. The quantitative estimate of drug-likeness (QED) is 0.836. The molecule has 0 aliphatic carbocycles. The first kappa shape index (κ1) is 11.7. The van der Waals surface area contributed by atoms with Crippen molar-refractivity contribution in [3.63, 3.8) is 0 Å². The molecule has 0 saturated carbocycles. The molecule has 1 aromatic rings. The molecular weight excluding hydrogens is 275 g/mol. The van der Waals surface area contributed by atoms with Crippen molar-refractivity contribution in [2.24, 2.45) is 5.92 Å². The summed E-state index contributed by atoms with van der Waals surface area (Å²) in [5.74, 6) is -0.125. The first-order valence-electron chi connectivity index (χ1n) is 5.21. The topological polar surface area (TPSA) is 26.3 Å². The van der Waals surface area contributed by atoms with E-state index in [1.807, 2.05) is 0 Å². The Bertz CT molecular complexity index is 406. The summed E-state index contributed by atoms with van der Waals surface area (Å²) >= 11 is 3.30. The zero-order valence-electron chi connectivity index (χ0n) is 8.71. The molecule has 1 fully saturated rings. The normalized spacial score (nSPS) is 21.1. The van der Waals surface area contributed by atoms with Crippen molar-refractivity contribution in [3.8, 4) is 0 Å². The summed E-state index contributed by atoms with van der Waals surface area (Å²) < 4.78 is 18.9. The van der Waals surface area contributed by atoms with E-state index in [1.165, 1.54) is 12.1 Å². The third kappa shape index (κ3) is 2.68. The molecule has 1 atom stereocenters. The van der Waals surface area contributed by atoms with Gasteiger partial charge in [0.25, 0.3) is 0 Å². The molecule has 0 N–H and O–H groups in total. The minimum absolute atomic E-state index is 0.0875. The number of Topliss-reactive ketones (excluding diaryl/α,β-unsaturated/α-hetero) is 1. The van der Waals surface area contributed by atoms with Crippen molar-refractivity contribution in [1.29, 1.82) is 0 Å². The zero-order valence-corrected chi connectivity index (χ0v) is 10.3. The monoisotopic (exact) mass is 286 g/mol. The van der Waals surface area contributed by atoms with Gasteiger partial charge in [0.15, 0.2) is 0 Å². The van der Waals surface area contributed by atoms with E-state index in [4.69, 9.17) is 4.74 Å². The summed E-state index contributed by atoms with van der Waals surface area (Å²) in [5.41, 5.74) is 0.949. The zero-order chi connectivity index (χ0) is 11.5. The molecule has 16 heavy (non-hydrogen) atoms. The highest BCUT2D eigenvalue weighted by Crippen LogP contribution is 2.23. The van der Waals surface area contributed by atoms with Gasteiger partial charge in [0.1, 0.15) is 11.6 Å². The molecule has 1 aliphatic rings. The minimum Gasteiger partial charge on any atom is -0.380 e. The molecule has 0 aromatic heterocycles. The van der Waals surface area contributed by atoms with E-state index in [2.05, 4.69) is 15.9 Å². The number of rotatable bonds is 2. The molecule has 1 heterocycles. The predicted octanol–water partition coefficient (Wildman–Crippen LogP) is 2.74. The smallest absolute Gasteiger partial charge is 0.140 e. The van der Waals surface area contributed by atoms with Gasteiger partial charge in [0.2, 0.25) is 0 Å². The molecule has 0 spiro atoms. The SMILES string of the molecule is O=C1CCOCC1Cc1ccc(F)cc1Br. The molecule has 0 bridgehead atoms. The minimum atomic E-state index is -0.276. The summed E-state index contributed by atoms with van der Waals surface area (Å²) in [4.78, 5) is 11.6. The van der Waals surface area contributed by atoms with E-state index in [0.717, 1.165) is 5.56 Å². The van der Waals surface area contributed by atoms with Crippen LogP contribution in [0.2, 0.25) is 0 Å². The van der Waals surface area contributed by atoms with Gasteiger partial charge in [0.05, 0.1) is 13.2 Å². The maximum Gasteiger partial charge on any atom is 0.140 e. The van der Waals surface area contributed by atoms with Crippen molar-refractivity contribution in [1.82, 2.24) is 0 Å². The highest BCUT2D eigenvalue weighted by Gasteiger charge is 2.23. The van der Waals surface area contributed by atoms with Crippen LogP contribution in [0.3, 0.4) is 0 Å². The maximum absolute atomic E-state index is 12.9. The summed E-state index contributed by atoms with van der Waals surface area (Å²) in [6.45, 7) is 1.00. The first-order chi connectivity index (χ1) is 7.66. The van der Waals surface area contributed by atoms with Gasteiger partial charge in [-0.1, -0.05) is 22.0 Å². The van der Waals surface area contributed by atoms with Crippen LogP contribution in [-0.2, 0) is 16.0 Å². The van der Waals surface area contributed by atoms with Gasteiger partial charge in [0, 0.05) is 16.8 Å². The van der Waals surface area contributed by atoms with Crippen molar-refractivity contribution in [2.45, 2.75) is 12.8 Å². The Labute approximate surface area is 102 Å². The van der Waals surface area contributed by atoms with E-state index in [9.17, 15) is 9.18 Å². The summed E-state index contributed by atoms with van der Waals surface area (Å²) in [6, 6.07) is 4.54. The lowest BCUT2D eigenvalue weighted by molar-refractivity contribution is -0.130. The number of hydrogen-bond donors (Lipinski definition) is 0. The molecule has 1 aliphatic heterocycles. The van der Waals surface area contributed by atoms with E-state index in [1.54, 1.807) is 6.07 Å². The Kier molecular flexibility index (Phi) is 3.71. The second kappa shape index (κ2) is 5.06. The van der Waals surface area contributed by atoms with Crippen LogP contribution in [0.25, 0.3) is 0 Å². The number of carbonyl (C=O) groups is 1. The summed E-state index contributed by atoms with van der Waals surface area (Å²) in [5, 5.41) is 0. The molecule has 4 heteroatoms. The van der Waals surface area contributed by atoms with E-state index in [-0.39, 0.29) is 17.5 Å². The molecule has 86 valence electrons. The Morgan fingerprint density at radius 2 is 2.31 bits per heavy atom. The van der Waals surface area contributed by atoms with Crippen LogP contribution in [0, 0.1) is 11.7 Å². The second-order valence-electron chi connectivity index (χ2n) is 3.93. The van der Waals surface area contributed by atoms with E-state index < -0.39 is 0 Å². The largest absolute Gasteiger partial charge is 0.380 e. The first-order valence-corrected chi connectivity index (χ1v) is 6.00. The standard InChI is InChI=1S/C12H12BrFO2/c13-11-6-10(14)2-1-8(11)5-9-7-16-4-3-12(9)15/h1-2,6,9H,3-5,7H2. The molecule has 0 radical (unpaired) electrons. The van der Waals surface area contributed by atoms with Crippen molar-refractivity contribution >= 4 is 21.7 Å². The number of hydrogen-bond acceptors (Lipinski definition) is 2. The Hall–Kier alpha value is -0.740. The van der Waals surface area contributed by atoms with Crippen LogP contribution < -0.4 is 0 Å². The van der Waals surface area contributed by atoms with Gasteiger partial charge >= 0.3 is 0 Å². The average Bonchev–Trinajstić information content (AvgIpc) is 2.25. The molecule has 1 saturated heterocycles. The Morgan fingerprint density at radius 3 is 3.00 bits per heavy atom. The van der Waals surface area contributed by atoms with Gasteiger partial charge in [-0.25, -0.2) is 4.39 Å². The number of carbonyl (C=O) groups excluding carboxylic acids is 1. The number of ketones is 1. The van der Waals surface area contributed by atoms with Crippen molar-refractivity contribution in [2.75, 3.05) is 13.2 Å². The number of ether oxygens (including phenoxy) is 1. The number of benzene rings is 1. The fraction of sp³-hybridized carbons (Fsp3) is 0.417. The van der Waals surface area contributed by atoms with Crippen LogP contribution in [-0.4, -0.2) is 19.0 Å². The number of halogens is 2. The van der Waals surface area contributed by atoms with Crippen LogP contribution in [0.4, 0.5) is 4.39 Å². The Balaban J connectivity index is 2.10. The van der Waals surface area contributed by atoms with Gasteiger partial charge in [-0.05, 0) is 24.1 Å². The summed E-state index contributed by atoms with van der Waals surface area (Å²) in [6.07, 6.45) is 1.10. The van der Waals surface area contributed by atoms with Gasteiger partial charge < -0.3 is 4.74 Å². The molecule has 1 aromatic carbocycles. The molecular formula is C12H12BrFO2. The lowest BCUT2D eigenvalue weighted by Gasteiger charge is -2.21. The fourth-order valence-corrected chi connectivity index (χ4v) is 2.33. The van der Waals surface area contributed by atoms with Crippen LogP contribution in [0.1, 0.15) is 12.0 Å². The highest BCUT2D eigenvalue weighted by atomic mass is 79.9. The second-order valence-corrected chi connectivity index (χ2v) is 4.78. The van der Waals surface area contributed by atoms with Crippen molar-refractivity contribution < 1.29 is 13.9 Å². The molecule has 2 nitrogen and oxygen atoms in total. The van der Waals surface area contributed by atoms with Gasteiger partial charge in [-0.15, -0.1) is 0 Å². The Morgan fingerprint density at radius 1 is 1.50 bits per heavy atom. The van der Waals surface area contributed by atoms with Crippen molar-refractivity contribution in [3.05, 3.63) is 34.1 Å². The average molecular weight is 287 g/mol. The van der Waals surface area contributed by atoms with Crippen LogP contribution in [0.5, 0.6) is 0 Å². The van der Waals surface area contributed by atoms with Gasteiger partial charge in [-0.2, -0.15) is 0 Å². The predicted molar refractivity (Wildman–Crippen MR) is 61.7 cm³/mol. The molecule has 0 amide bonds. The van der Waals surface area contributed by atoms with Gasteiger partial charge in [-0.3, -0.25) is 4.79 Å². The lowest BCUT2D eigenvalue weighted by Crippen LogP contribution is -2.29. The highest BCUT2D eigenvalue weighted by molar-refractivity contribution is 9.10. The lowest BCUT2D eigenvalue weighted by atomic mass is 9.93. The van der Waals surface area contributed by atoms with E-state index >= 15 is 0 Å². The maximum atomic E-state index is 12.9. The van der Waals surface area contributed by atoms with Crippen LogP contribution >= 0.6 is 15.9 Å². The summed E-state index contributed by atoms with van der Waals surface area (Å²) in [7, 11) is 0.